The maximum absolute atomic E-state index is 12.3. The van der Waals surface area contributed by atoms with Gasteiger partial charge in [-0.3, -0.25) is 4.79 Å². The summed E-state index contributed by atoms with van der Waals surface area (Å²) in [7, 11) is -2.48. The van der Waals surface area contributed by atoms with Gasteiger partial charge in [-0.2, -0.15) is 0 Å². The Morgan fingerprint density at radius 1 is 0.800 bits per heavy atom. The highest BCUT2D eigenvalue weighted by molar-refractivity contribution is 7.04. The summed E-state index contributed by atoms with van der Waals surface area (Å²) >= 11 is 0. The van der Waals surface area contributed by atoms with Gasteiger partial charge in [0.2, 0.25) is 0 Å². The van der Waals surface area contributed by atoms with E-state index in [1.165, 1.54) is 0 Å². The predicted octanol–water partition coefficient (Wildman–Crippen LogP) is 3.58. The number of aliphatic carboxylic acids is 1. The van der Waals surface area contributed by atoms with E-state index < -0.39 is 19.6 Å². The summed E-state index contributed by atoms with van der Waals surface area (Å²) in [6.07, 6.45) is 0.544. The normalized spacial score (nSPS) is 12.5. The van der Waals surface area contributed by atoms with E-state index in [9.17, 15) is 9.90 Å². The third kappa shape index (κ3) is 3.56. The highest BCUT2D eigenvalue weighted by Gasteiger charge is 2.44. The van der Waals surface area contributed by atoms with Crippen LogP contribution in [0, 0.1) is 0 Å². The Morgan fingerprint density at radius 2 is 1.20 bits per heavy atom. The molecule has 0 bridgehead atoms. The first-order valence-electron chi connectivity index (χ1n) is 8.50. The van der Waals surface area contributed by atoms with Gasteiger partial charge in [-0.1, -0.05) is 108 Å². The summed E-state index contributed by atoms with van der Waals surface area (Å²) in [5.74, 6) is -0.717. The number of carboxylic acids is 1. The molecule has 0 spiro atoms. The van der Waals surface area contributed by atoms with Crippen molar-refractivity contribution in [1.29, 1.82) is 0 Å². The molecule has 0 aromatic heterocycles. The molecule has 3 heteroatoms. The number of carboxylic acid groups (broad SMARTS) is 1. The third-order valence-corrected chi connectivity index (χ3v) is 9.93. The van der Waals surface area contributed by atoms with E-state index in [0.717, 1.165) is 15.9 Å². The minimum Gasteiger partial charge on any atom is -0.481 e. The van der Waals surface area contributed by atoms with Gasteiger partial charge in [-0.05, 0) is 12.0 Å². The van der Waals surface area contributed by atoms with Crippen molar-refractivity contribution in [3.05, 3.63) is 96.6 Å². The molecule has 0 aliphatic rings. The molecule has 0 saturated heterocycles. The van der Waals surface area contributed by atoms with Crippen LogP contribution >= 0.6 is 0 Å². The molecule has 0 radical (unpaired) electrons. The lowest BCUT2D eigenvalue weighted by atomic mass is 10.1. The van der Waals surface area contributed by atoms with Crippen LogP contribution in [0.4, 0.5) is 0 Å². The van der Waals surface area contributed by atoms with Crippen LogP contribution in [0.25, 0.3) is 0 Å². The van der Waals surface area contributed by atoms with Crippen molar-refractivity contribution in [2.24, 2.45) is 0 Å². The Morgan fingerprint density at radius 3 is 1.60 bits per heavy atom. The van der Waals surface area contributed by atoms with Gasteiger partial charge in [-0.15, -0.1) is 0 Å². The molecule has 1 unspecified atom stereocenters. The van der Waals surface area contributed by atoms with E-state index in [1.807, 2.05) is 66.7 Å². The number of carbonyl (C=O) groups is 1. The fourth-order valence-corrected chi connectivity index (χ4v) is 7.57. The maximum atomic E-state index is 12.3. The molecule has 0 saturated carbocycles. The lowest BCUT2D eigenvalue weighted by Gasteiger charge is -2.34. The summed E-state index contributed by atoms with van der Waals surface area (Å²) in [4.78, 5) is 12.3. The summed E-state index contributed by atoms with van der Waals surface area (Å²) in [5, 5.41) is 12.4. The van der Waals surface area contributed by atoms with Gasteiger partial charge >= 0.3 is 5.97 Å². The highest BCUT2D eigenvalue weighted by atomic mass is 28.3. The van der Waals surface area contributed by atoms with Crippen LogP contribution in [-0.4, -0.2) is 19.1 Å². The van der Waals surface area contributed by atoms with Crippen molar-refractivity contribution in [2.45, 2.75) is 18.5 Å². The van der Waals surface area contributed by atoms with E-state index in [1.54, 1.807) is 0 Å². The molecule has 0 aliphatic carbocycles. The van der Waals surface area contributed by atoms with E-state index in [-0.39, 0.29) is 0 Å². The quantitative estimate of drug-likeness (QED) is 0.693. The van der Waals surface area contributed by atoms with Gasteiger partial charge in [0.25, 0.3) is 0 Å². The van der Waals surface area contributed by atoms with Crippen molar-refractivity contribution in [3.63, 3.8) is 0 Å². The fraction of sp³-hybridized carbons (Fsp3) is 0.136. The zero-order valence-corrected chi connectivity index (χ0v) is 15.3. The summed E-state index contributed by atoms with van der Waals surface area (Å²) in [6, 6.07) is 30.3. The van der Waals surface area contributed by atoms with Gasteiger partial charge in [0, 0.05) is 0 Å². The molecule has 3 aromatic carbocycles. The Hall–Kier alpha value is -2.65. The molecule has 1 N–H and O–H groups in total. The van der Waals surface area contributed by atoms with Crippen LogP contribution in [0.2, 0.25) is 12.1 Å². The van der Waals surface area contributed by atoms with E-state index in [2.05, 4.69) is 30.8 Å². The fourth-order valence-electron chi connectivity index (χ4n) is 3.53. The molecule has 0 aliphatic heterocycles. The molecule has 0 fully saturated rings. The second-order valence-corrected chi connectivity index (χ2v) is 10.8. The van der Waals surface area contributed by atoms with Crippen LogP contribution in [0.15, 0.2) is 91.0 Å². The first-order chi connectivity index (χ1) is 12.1. The van der Waals surface area contributed by atoms with Gasteiger partial charge in [-0.25, -0.2) is 0 Å². The number of benzene rings is 3. The van der Waals surface area contributed by atoms with Crippen molar-refractivity contribution >= 4 is 24.4 Å². The monoisotopic (exact) mass is 346 g/mol. The van der Waals surface area contributed by atoms with Crippen LogP contribution in [0.1, 0.15) is 5.56 Å². The summed E-state index contributed by atoms with van der Waals surface area (Å²) in [5.41, 5.74) is 0.639. The van der Waals surface area contributed by atoms with Crippen LogP contribution < -0.4 is 10.4 Å². The highest BCUT2D eigenvalue weighted by Crippen LogP contribution is 2.27. The van der Waals surface area contributed by atoms with Crippen LogP contribution in [-0.2, 0) is 11.2 Å². The lowest BCUT2D eigenvalue weighted by molar-refractivity contribution is -0.137. The molecule has 3 rings (SSSR count). The lowest BCUT2D eigenvalue weighted by Crippen LogP contribution is -2.61. The van der Waals surface area contributed by atoms with E-state index in [0.29, 0.717) is 6.42 Å². The summed E-state index contributed by atoms with van der Waals surface area (Å²) in [6.45, 7) is 2.18. The van der Waals surface area contributed by atoms with Gasteiger partial charge < -0.3 is 5.11 Å². The SMILES string of the molecule is C[Si](c1ccccc1)(c1ccccc1)C(Cc1ccccc1)C(=O)O. The van der Waals surface area contributed by atoms with Crippen LogP contribution in [0.3, 0.4) is 0 Å². The second-order valence-electron chi connectivity index (χ2n) is 6.51. The molecule has 0 amide bonds. The number of rotatable bonds is 6. The van der Waals surface area contributed by atoms with Crippen molar-refractivity contribution in [2.75, 3.05) is 0 Å². The summed E-state index contributed by atoms with van der Waals surface area (Å²) < 4.78 is 0. The van der Waals surface area contributed by atoms with Crippen molar-refractivity contribution < 1.29 is 9.90 Å². The molecule has 3 aromatic rings. The Balaban J connectivity index is 2.13. The maximum Gasteiger partial charge on any atom is 0.304 e. The smallest absolute Gasteiger partial charge is 0.304 e. The Labute approximate surface area is 149 Å². The van der Waals surface area contributed by atoms with Crippen molar-refractivity contribution in [3.8, 4) is 0 Å². The minimum absolute atomic E-state index is 0.431. The Kier molecular flexibility index (Phi) is 5.15. The van der Waals surface area contributed by atoms with Crippen molar-refractivity contribution in [1.82, 2.24) is 0 Å². The number of hydrogen-bond donors (Lipinski definition) is 1. The number of hydrogen-bond acceptors (Lipinski definition) is 1. The molecular weight excluding hydrogens is 324 g/mol. The molecular formula is C22H22O2Si. The van der Waals surface area contributed by atoms with Crippen LogP contribution in [0.5, 0.6) is 0 Å². The third-order valence-electron chi connectivity index (χ3n) is 5.02. The zero-order valence-electron chi connectivity index (χ0n) is 14.3. The minimum atomic E-state index is -2.48. The standard InChI is InChI=1S/C22H22O2Si/c1-25(19-13-7-3-8-14-19,20-15-9-4-10-16-20)21(22(23)24)17-18-11-5-2-6-12-18/h2-16,21H,17H2,1H3,(H,23,24). The molecule has 0 heterocycles. The Bertz CT molecular complexity index is 777. The zero-order chi connectivity index (χ0) is 17.7. The van der Waals surface area contributed by atoms with E-state index in [4.69, 9.17) is 0 Å². The average Bonchev–Trinajstić information content (AvgIpc) is 2.67. The molecule has 25 heavy (non-hydrogen) atoms. The predicted molar refractivity (Wildman–Crippen MR) is 105 cm³/mol. The molecule has 126 valence electrons. The molecule has 1 atom stereocenters. The molecule has 2 nitrogen and oxygen atoms in total. The van der Waals surface area contributed by atoms with E-state index >= 15 is 0 Å². The first kappa shape index (κ1) is 17.2. The van der Waals surface area contributed by atoms with Gasteiger partial charge in [0.05, 0.1) is 5.54 Å². The van der Waals surface area contributed by atoms with Gasteiger partial charge in [0.15, 0.2) is 0 Å². The largest absolute Gasteiger partial charge is 0.481 e. The topological polar surface area (TPSA) is 37.3 Å². The first-order valence-corrected chi connectivity index (χ1v) is 11.1. The second kappa shape index (κ2) is 7.49. The average molecular weight is 347 g/mol. The van der Waals surface area contributed by atoms with Gasteiger partial charge in [0.1, 0.15) is 8.07 Å².